The maximum atomic E-state index is 12.8. The Hall–Kier alpha value is -3.47. The van der Waals surface area contributed by atoms with Crippen LogP contribution >= 0.6 is 0 Å². The Morgan fingerprint density at radius 1 is 0.964 bits per heavy atom. The monoisotopic (exact) mass is 373 g/mol. The Morgan fingerprint density at radius 3 is 2.46 bits per heavy atom. The summed E-state index contributed by atoms with van der Waals surface area (Å²) in [6, 6.07) is 14.9. The molecule has 0 aliphatic heterocycles. The first-order chi connectivity index (χ1) is 13.5. The van der Waals surface area contributed by atoms with Crippen LogP contribution in [0, 0.1) is 6.92 Å². The van der Waals surface area contributed by atoms with E-state index in [1.807, 2.05) is 37.3 Å². The molecule has 0 atom stereocenters. The lowest BCUT2D eigenvalue weighted by Gasteiger charge is -2.13. The summed E-state index contributed by atoms with van der Waals surface area (Å²) in [5.41, 5.74) is 5.49. The molecule has 142 valence electrons. The van der Waals surface area contributed by atoms with Gasteiger partial charge in [0.25, 0.3) is 5.91 Å². The maximum absolute atomic E-state index is 12.8. The Balaban J connectivity index is 1.81. The number of nitrogens with zero attached hydrogens (tertiary/aromatic N) is 1. The van der Waals surface area contributed by atoms with Crippen LogP contribution in [0.2, 0.25) is 0 Å². The van der Waals surface area contributed by atoms with E-state index >= 15 is 0 Å². The highest BCUT2D eigenvalue weighted by Gasteiger charge is 2.12. The number of Topliss-reactive ketones (excluding diaryl/α,β-unsaturated/α-hetero) is 1. The van der Waals surface area contributed by atoms with Gasteiger partial charge in [-0.25, -0.2) is 0 Å². The Morgan fingerprint density at radius 2 is 1.71 bits per heavy atom. The average Bonchev–Trinajstić information content (AvgIpc) is 2.69. The minimum atomic E-state index is -0.211. The molecular weight excluding hydrogens is 350 g/mol. The summed E-state index contributed by atoms with van der Waals surface area (Å²) in [5, 5.41) is 6.21. The molecule has 2 N–H and O–H groups in total. The Kier molecular flexibility index (Phi) is 5.84. The highest BCUT2D eigenvalue weighted by molar-refractivity contribution is 6.05. The predicted octanol–water partition coefficient (Wildman–Crippen LogP) is 5.15. The van der Waals surface area contributed by atoms with E-state index in [1.54, 1.807) is 24.4 Å². The molecule has 3 rings (SSSR count). The number of hydrogen-bond acceptors (Lipinski definition) is 4. The van der Waals surface area contributed by atoms with Crippen LogP contribution in [0.25, 0.3) is 0 Å². The molecule has 0 spiro atoms. The number of anilines is 3. The summed E-state index contributed by atoms with van der Waals surface area (Å²) in [7, 11) is 0. The number of ketones is 1. The Bertz CT molecular complexity index is 1030. The lowest BCUT2D eigenvalue weighted by Crippen LogP contribution is -2.14. The minimum absolute atomic E-state index is 0.000127. The molecule has 0 bridgehead atoms. The number of aryl methyl sites for hydroxylation is 2. The first-order valence-corrected chi connectivity index (χ1v) is 9.21. The number of carbonyl (C=O) groups excluding carboxylic acids is 2. The molecule has 0 fully saturated rings. The molecule has 0 unspecified atom stereocenters. The third kappa shape index (κ3) is 4.43. The second-order valence-electron chi connectivity index (χ2n) is 6.64. The van der Waals surface area contributed by atoms with Crippen molar-refractivity contribution in [3.05, 3.63) is 83.2 Å². The summed E-state index contributed by atoms with van der Waals surface area (Å²) >= 11 is 0. The van der Waals surface area contributed by atoms with Gasteiger partial charge < -0.3 is 10.6 Å². The molecule has 0 aliphatic rings. The first kappa shape index (κ1) is 19.3. The second-order valence-corrected chi connectivity index (χ2v) is 6.64. The zero-order valence-electron chi connectivity index (χ0n) is 16.2. The van der Waals surface area contributed by atoms with Crippen molar-refractivity contribution in [2.75, 3.05) is 10.6 Å². The van der Waals surface area contributed by atoms with Gasteiger partial charge in [-0.2, -0.15) is 0 Å². The van der Waals surface area contributed by atoms with E-state index in [0.717, 1.165) is 28.9 Å². The van der Waals surface area contributed by atoms with Crippen LogP contribution in [0.15, 0.2) is 60.9 Å². The second kappa shape index (κ2) is 8.48. The van der Waals surface area contributed by atoms with Crippen molar-refractivity contribution >= 4 is 28.8 Å². The van der Waals surface area contributed by atoms with Gasteiger partial charge in [0.2, 0.25) is 0 Å². The molecule has 1 amide bonds. The van der Waals surface area contributed by atoms with Crippen LogP contribution in [0.4, 0.5) is 17.1 Å². The largest absolute Gasteiger partial charge is 0.354 e. The van der Waals surface area contributed by atoms with Crippen LogP contribution in [0.5, 0.6) is 0 Å². The van der Waals surface area contributed by atoms with Crippen molar-refractivity contribution < 1.29 is 9.59 Å². The molecule has 5 nitrogen and oxygen atoms in total. The zero-order chi connectivity index (χ0) is 20.1. The van der Waals surface area contributed by atoms with E-state index in [-0.39, 0.29) is 11.7 Å². The van der Waals surface area contributed by atoms with Crippen LogP contribution in [-0.2, 0) is 6.42 Å². The summed E-state index contributed by atoms with van der Waals surface area (Å²) in [6.45, 7) is 5.57. The van der Waals surface area contributed by atoms with E-state index in [9.17, 15) is 9.59 Å². The standard InChI is InChI=1S/C23H23N3O2/c1-4-17-8-5-7-15(2)22(17)26-23(28)19-12-21(14-24-13-19)25-20-10-6-9-18(11-20)16(3)27/h5-14,25H,4H2,1-3H3,(H,26,28). The van der Waals surface area contributed by atoms with Crippen molar-refractivity contribution in [2.45, 2.75) is 27.2 Å². The normalized spacial score (nSPS) is 10.4. The van der Waals surface area contributed by atoms with Crippen molar-refractivity contribution in [2.24, 2.45) is 0 Å². The number of amides is 1. The van der Waals surface area contributed by atoms with Crippen LogP contribution in [0.1, 0.15) is 45.7 Å². The number of nitrogens with one attached hydrogen (secondary N) is 2. The minimum Gasteiger partial charge on any atom is -0.354 e. The molecule has 28 heavy (non-hydrogen) atoms. The summed E-state index contributed by atoms with van der Waals surface area (Å²) in [6.07, 6.45) is 4.02. The smallest absolute Gasteiger partial charge is 0.257 e. The van der Waals surface area contributed by atoms with Gasteiger partial charge in [-0.1, -0.05) is 37.3 Å². The highest BCUT2D eigenvalue weighted by atomic mass is 16.1. The molecule has 0 saturated carbocycles. The summed E-state index contributed by atoms with van der Waals surface area (Å²) in [5.74, 6) is -0.211. The molecule has 2 aromatic carbocycles. The van der Waals surface area contributed by atoms with Gasteiger partial charge in [-0.15, -0.1) is 0 Å². The maximum Gasteiger partial charge on any atom is 0.257 e. The van der Waals surface area contributed by atoms with Crippen molar-refractivity contribution in [3.8, 4) is 0 Å². The van der Waals surface area contributed by atoms with Gasteiger partial charge >= 0.3 is 0 Å². The summed E-state index contributed by atoms with van der Waals surface area (Å²) in [4.78, 5) is 28.5. The van der Waals surface area contributed by atoms with E-state index in [0.29, 0.717) is 16.8 Å². The van der Waals surface area contributed by atoms with E-state index in [2.05, 4.69) is 22.5 Å². The Labute approximate surface area is 164 Å². The average molecular weight is 373 g/mol. The van der Waals surface area contributed by atoms with Gasteiger partial charge in [0.1, 0.15) is 0 Å². The molecule has 0 radical (unpaired) electrons. The number of para-hydroxylation sites is 1. The van der Waals surface area contributed by atoms with E-state index in [4.69, 9.17) is 0 Å². The third-order valence-electron chi connectivity index (χ3n) is 4.54. The predicted molar refractivity (Wildman–Crippen MR) is 112 cm³/mol. The number of pyridine rings is 1. The fraction of sp³-hybridized carbons (Fsp3) is 0.174. The number of rotatable bonds is 6. The van der Waals surface area contributed by atoms with E-state index in [1.165, 1.54) is 13.1 Å². The first-order valence-electron chi connectivity index (χ1n) is 9.21. The van der Waals surface area contributed by atoms with Crippen molar-refractivity contribution in [1.82, 2.24) is 4.98 Å². The molecule has 1 aromatic heterocycles. The molecule has 1 heterocycles. The molecular formula is C23H23N3O2. The SMILES string of the molecule is CCc1cccc(C)c1NC(=O)c1cncc(Nc2cccc(C(C)=O)c2)c1. The van der Waals surface area contributed by atoms with Gasteiger partial charge in [-0.3, -0.25) is 14.6 Å². The lowest BCUT2D eigenvalue weighted by atomic mass is 10.1. The van der Waals surface area contributed by atoms with Gasteiger partial charge in [0.05, 0.1) is 17.4 Å². The molecule has 3 aromatic rings. The number of benzene rings is 2. The molecule has 0 saturated heterocycles. The topological polar surface area (TPSA) is 71.1 Å². The third-order valence-corrected chi connectivity index (χ3v) is 4.54. The van der Waals surface area contributed by atoms with Crippen LogP contribution in [0.3, 0.4) is 0 Å². The van der Waals surface area contributed by atoms with Gasteiger partial charge in [0, 0.05) is 23.1 Å². The number of carbonyl (C=O) groups is 2. The van der Waals surface area contributed by atoms with Crippen molar-refractivity contribution in [1.29, 1.82) is 0 Å². The van der Waals surface area contributed by atoms with Gasteiger partial charge in [0.15, 0.2) is 5.78 Å². The van der Waals surface area contributed by atoms with Crippen molar-refractivity contribution in [3.63, 3.8) is 0 Å². The zero-order valence-corrected chi connectivity index (χ0v) is 16.2. The van der Waals surface area contributed by atoms with E-state index < -0.39 is 0 Å². The quantitative estimate of drug-likeness (QED) is 0.586. The lowest BCUT2D eigenvalue weighted by molar-refractivity contribution is 0.101. The number of hydrogen-bond donors (Lipinski definition) is 2. The molecule has 0 aliphatic carbocycles. The van der Waals surface area contributed by atoms with Crippen LogP contribution in [-0.4, -0.2) is 16.7 Å². The molecule has 5 heteroatoms. The summed E-state index contributed by atoms with van der Waals surface area (Å²) < 4.78 is 0. The fourth-order valence-corrected chi connectivity index (χ4v) is 3.00. The fourth-order valence-electron chi connectivity index (χ4n) is 3.00. The number of aromatic nitrogens is 1. The van der Waals surface area contributed by atoms with Crippen LogP contribution < -0.4 is 10.6 Å². The highest BCUT2D eigenvalue weighted by Crippen LogP contribution is 2.23. The van der Waals surface area contributed by atoms with Gasteiger partial charge in [-0.05, 0) is 49.6 Å².